The molecule has 0 heterocycles. The molecule has 614 valence electrons. The van der Waals surface area contributed by atoms with Gasteiger partial charge in [0.15, 0.2) is 5.11 Å². The van der Waals surface area contributed by atoms with Gasteiger partial charge in [-0.3, -0.25) is 39.4 Å². The Hall–Kier alpha value is -8.40. The molecule has 5 amide bonds. The van der Waals surface area contributed by atoms with Crippen molar-refractivity contribution in [3.63, 3.8) is 0 Å². The standard InChI is InChI=1S/C21H27N3OS2.C14H20N2O3S.C12H16N2O4.C12H15NS.C9H12N2OS.C7H8N2O2.C2H3ClOS.CH4O.2ClH/c1-21(2,3)17-9-5-15(6-10-17)13-22-19(26)23-14-16-7-11-18(12-8-16)24-20(25)27-4;1-14(2,3)19-12(17)15-9-10-5-7-11(8-6-10)16-13(18)20-4;1-12(2,3)18-11(15)13-8-9-4-6-10(7-5-9)14(16)17;1-12(2,3)11-6-4-10(5-7-11)8-13-9-14;1-13-9(12)11-8-4-2-7(6-10)3-5-8;8-5-6-1-3-7(4-2-6)9(10)11;1-5-2(3)4;1-2;;/h5-12H,13-14H2,1-4H3,(H,24,25)(H2,22,23,26);5-8H,9H2,1-4H3,(H,15,17)(H,16,18);4-7H,8H2,1-3H3,(H,13,15);4-7H,8H2,1-3H3;2-5H,6,10H2,1H3,(H,11,12);1-4H,5,8H2;1H3;2H,1H3;2*1H. The van der Waals surface area contributed by atoms with Crippen LogP contribution in [0.25, 0.3) is 0 Å². The summed E-state index contributed by atoms with van der Waals surface area (Å²) in [6.45, 7) is 28.1. The van der Waals surface area contributed by atoms with Crippen LogP contribution in [0.3, 0.4) is 0 Å². The van der Waals surface area contributed by atoms with Crippen LogP contribution in [0, 0.1) is 20.2 Å². The Balaban J connectivity index is -0.00000127. The maximum Gasteiger partial charge on any atom is 0.407 e. The van der Waals surface area contributed by atoms with Crippen molar-refractivity contribution in [1.82, 2.24) is 21.3 Å². The van der Waals surface area contributed by atoms with Gasteiger partial charge in [-0.15, -0.1) is 0 Å². The first-order valence-electron chi connectivity index (χ1n) is 33.9. The van der Waals surface area contributed by atoms with Gasteiger partial charge in [-0.2, -0.15) is 0 Å². The van der Waals surface area contributed by atoms with Gasteiger partial charge in [0, 0.05) is 85.7 Å². The number of nitrogens with one attached hydrogen (secondary N) is 7. The second-order valence-corrected chi connectivity index (χ2v) is 31.1. The number of halogens is 3. The van der Waals surface area contributed by atoms with Crippen molar-refractivity contribution in [3.05, 3.63) is 240 Å². The number of alkyl carbamates (subject to hydrolysis) is 2. The lowest BCUT2D eigenvalue weighted by Gasteiger charge is -2.19. The molecule has 0 radical (unpaired) electrons. The number of benzene rings is 7. The number of carbonyl (C=O) groups excluding carboxylic acids is 6. The minimum atomic E-state index is -0.542. The average Bonchev–Trinajstić information content (AvgIpc) is 0.872. The molecule has 34 heteroatoms. The fourth-order valence-corrected chi connectivity index (χ4v) is 8.82. The maximum atomic E-state index is 11.5. The second kappa shape index (κ2) is 58.5. The van der Waals surface area contributed by atoms with Crippen molar-refractivity contribution in [1.29, 1.82) is 0 Å². The van der Waals surface area contributed by atoms with Gasteiger partial charge in [0.05, 0.1) is 34.6 Å². The molecule has 0 fully saturated rings. The number of thiocarbonyl (C=S) groups is 2. The van der Waals surface area contributed by atoms with Crippen molar-refractivity contribution < 1.29 is 89.5 Å². The van der Waals surface area contributed by atoms with Crippen molar-refractivity contribution in [3.8, 4) is 0 Å². The number of ether oxygens (including phenoxy) is 2. The lowest BCUT2D eigenvalue weighted by molar-refractivity contribution is -0.387. The average molecular weight is 1720 g/mol. The lowest BCUT2D eigenvalue weighted by atomic mass is 9.87. The first-order valence-corrected chi connectivity index (χ1v) is 40.0. The summed E-state index contributed by atoms with van der Waals surface area (Å²) < 4.78 is 9.85. The van der Waals surface area contributed by atoms with Crippen molar-refractivity contribution in [2.45, 2.75) is 151 Å². The molecule has 0 atom stereocenters. The summed E-state index contributed by atoms with van der Waals surface area (Å²) in [6, 6.07) is 52.1. The van der Waals surface area contributed by atoms with Crippen LogP contribution in [-0.2, 0) is 66.1 Å². The molecule has 0 aliphatic rings. The zero-order valence-electron chi connectivity index (χ0n) is 66.3. The SMILES string of the molecule is CC(C)(C)OC(=O)NCc1ccc([N+](=O)[O-])cc1.CC(C)(C)c1ccc(CN=C=S)cc1.CO.CSC(=O)Cl.CSC(=O)Nc1ccc(CNC(=O)OC(C)(C)C)cc1.CSC(=O)Nc1ccc(CNC(=S)NCc2ccc(C(C)(C)C)cc2)cc1.CSC(=O)Nc1ccc(C[NH3+])cc1.[Cl-].[Cl-].[NH3+]Cc1ccc([N+](=O)[O-])cc1. The van der Waals surface area contributed by atoms with Gasteiger partial charge in [-0.25, -0.2) is 14.6 Å². The van der Waals surface area contributed by atoms with Crippen LogP contribution in [0.4, 0.5) is 57.2 Å². The summed E-state index contributed by atoms with van der Waals surface area (Å²) in [5, 5.41) is 50.4. The highest BCUT2D eigenvalue weighted by Gasteiger charge is 2.18. The Kier molecular flexibility index (Phi) is 56.2. The Morgan fingerprint density at radius 1 is 0.446 bits per heavy atom. The van der Waals surface area contributed by atoms with Gasteiger partial charge in [0.25, 0.3) is 31.7 Å². The molecule has 0 saturated carbocycles. The quantitative estimate of drug-likeness (QED) is 0.0133. The summed E-state index contributed by atoms with van der Waals surface area (Å²) in [4.78, 5) is 89.6. The normalized spacial score (nSPS) is 10.1. The molecule has 25 nitrogen and oxygen atoms in total. The Bertz CT molecular complexity index is 3980. The van der Waals surface area contributed by atoms with E-state index in [0.29, 0.717) is 37.8 Å². The number of nitro groups is 2. The number of non-ortho nitro benzene ring substituents is 2. The summed E-state index contributed by atoms with van der Waals surface area (Å²) in [5.74, 6) is 0. The van der Waals surface area contributed by atoms with Crippen molar-refractivity contribution in [2.75, 3.05) is 48.1 Å². The number of aliphatic hydroxyl groups is 1. The number of aliphatic hydroxyl groups excluding tert-OH is 1. The first-order chi connectivity index (χ1) is 51.6. The molecule has 7 aromatic carbocycles. The number of nitrogens with zero attached hydrogens (tertiary/aromatic N) is 3. The minimum absolute atomic E-state index is 0. The highest BCUT2D eigenvalue weighted by molar-refractivity contribution is 8.16. The fraction of sp³-hybridized carbons (Fsp3) is 0.359. The molecule has 0 bridgehead atoms. The van der Waals surface area contributed by atoms with E-state index in [1.165, 1.54) is 63.8 Å². The number of hydrogen-bond acceptors (Lipinski definition) is 20. The van der Waals surface area contributed by atoms with Crippen LogP contribution in [0.1, 0.15) is 133 Å². The molecule has 0 aliphatic heterocycles. The van der Waals surface area contributed by atoms with E-state index in [1.807, 2.05) is 81.4 Å². The second-order valence-electron chi connectivity index (χ2n) is 26.8. The van der Waals surface area contributed by atoms with E-state index in [0.717, 1.165) is 88.3 Å². The molecular weight excluding hydrogens is 1610 g/mol. The first kappa shape index (κ1) is 108. The predicted octanol–water partition coefficient (Wildman–Crippen LogP) is 11.8. The fourth-order valence-electron chi connectivity index (χ4n) is 7.95. The third-order valence-electron chi connectivity index (χ3n) is 13.7. The highest BCUT2D eigenvalue weighted by atomic mass is 35.5. The van der Waals surface area contributed by atoms with Gasteiger partial charge < -0.3 is 88.1 Å². The zero-order valence-corrected chi connectivity index (χ0v) is 73.5. The summed E-state index contributed by atoms with van der Waals surface area (Å²) in [6.07, 6.45) is 5.89. The van der Waals surface area contributed by atoms with E-state index >= 15 is 0 Å². The maximum absolute atomic E-state index is 11.5. The van der Waals surface area contributed by atoms with E-state index < -0.39 is 33.2 Å². The molecule has 7 aromatic rings. The van der Waals surface area contributed by atoms with Gasteiger partial charge >= 0.3 is 12.2 Å². The molecule has 0 spiro atoms. The van der Waals surface area contributed by atoms with E-state index in [-0.39, 0.29) is 73.9 Å². The van der Waals surface area contributed by atoms with E-state index in [4.69, 9.17) is 38.4 Å². The van der Waals surface area contributed by atoms with Crippen LogP contribution < -0.4 is 73.5 Å². The summed E-state index contributed by atoms with van der Waals surface area (Å²) >= 11 is 19.1. The number of quaternary nitrogens is 2. The van der Waals surface area contributed by atoms with E-state index in [1.54, 1.807) is 82.2 Å². The molecule has 0 aliphatic carbocycles. The third kappa shape index (κ3) is 52.8. The van der Waals surface area contributed by atoms with Gasteiger partial charge in [0.2, 0.25) is 0 Å². The number of thioether (sulfide) groups is 4. The monoisotopic (exact) mass is 1720 g/mol. The molecule has 0 aromatic heterocycles. The number of hydrogen-bond donors (Lipinski definition) is 10. The Labute approximate surface area is 703 Å². The summed E-state index contributed by atoms with van der Waals surface area (Å²) in [5.41, 5.74) is 19.3. The highest BCUT2D eigenvalue weighted by Crippen LogP contribution is 2.24. The number of carbonyl (C=O) groups is 6. The minimum Gasteiger partial charge on any atom is -1.00 e. The van der Waals surface area contributed by atoms with E-state index in [2.05, 4.69) is 161 Å². The van der Waals surface area contributed by atoms with Crippen molar-refractivity contribution in [2.24, 2.45) is 4.99 Å². The summed E-state index contributed by atoms with van der Waals surface area (Å²) in [7, 11) is 1.00. The molecular formula is C78H107Cl3N12O13S6. The van der Waals surface area contributed by atoms with E-state index in [9.17, 15) is 49.0 Å². The Morgan fingerprint density at radius 2 is 0.688 bits per heavy atom. The van der Waals surface area contributed by atoms with Crippen LogP contribution in [-0.4, -0.2) is 101 Å². The van der Waals surface area contributed by atoms with Gasteiger partial charge in [0.1, 0.15) is 11.2 Å². The number of amides is 5. The third-order valence-corrected chi connectivity index (χ3v) is 16.4. The van der Waals surface area contributed by atoms with Crippen LogP contribution in [0.2, 0.25) is 0 Å². The van der Waals surface area contributed by atoms with Gasteiger partial charge in [-0.1, -0.05) is 186 Å². The number of isothiocyanates is 1. The Morgan fingerprint density at radius 3 is 0.920 bits per heavy atom. The van der Waals surface area contributed by atoms with Crippen LogP contribution in [0.5, 0.6) is 0 Å². The topological polar surface area (TPSA) is 379 Å². The van der Waals surface area contributed by atoms with Crippen LogP contribution >= 0.6 is 83.1 Å². The van der Waals surface area contributed by atoms with Crippen LogP contribution in [0.15, 0.2) is 175 Å². The number of aliphatic imine (C=N–C) groups is 1. The molecule has 0 unspecified atom stereocenters. The molecule has 112 heavy (non-hydrogen) atoms. The number of rotatable bonds is 17. The smallest absolute Gasteiger partial charge is 0.407 e. The molecule has 7 rings (SSSR count). The molecule has 0 saturated heterocycles. The number of nitro benzene ring substituents is 2. The van der Waals surface area contributed by atoms with Gasteiger partial charge in [-0.05, 0) is 201 Å². The molecule has 14 N–H and O–H groups in total. The largest absolute Gasteiger partial charge is 1.00 e. The van der Waals surface area contributed by atoms with Crippen molar-refractivity contribution >= 4 is 154 Å². The zero-order chi connectivity index (χ0) is 83.6. The lowest BCUT2D eigenvalue weighted by Crippen LogP contribution is -3.00. The number of anilines is 3. The predicted molar refractivity (Wildman–Crippen MR) is 461 cm³/mol.